The second-order valence-electron chi connectivity index (χ2n) is 2.55. The fourth-order valence-corrected chi connectivity index (χ4v) is 0.546. The summed E-state index contributed by atoms with van der Waals surface area (Å²) < 4.78 is 8.49. The Morgan fingerprint density at radius 3 is 1.44 bits per heavy atom. The van der Waals surface area contributed by atoms with Crippen molar-refractivity contribution in [3.63, 3.8) is 0 Å². The maximum atomic E-state index is 10.8. The van der Waals surface area contributed by atoms with E-state index in [1.807, 2.05) is 0 Å². The lowest BCUT2D eigenvalue weighted by Crippen LogP contribution is -2.18. The number of esters is 2. The van der Waals surface area contributed by atoms with E-state index >= 15 is 0 Å². The first-order chi connectivity index (χ1) is 7.41. The van der Waals surface area contributed by atoms with Crippen LogP contribution in [0.2, 0.25) is 0 Å². The lowest BCUT2D eigenvalue weighted by Gasteiger charge is -2.03. The van der Waals surface area contributed by atoms with Crippen molar-refractivity contribution in [3.05, 3.63) is 12.2 Å². The highest BCUT2D eigenvalue weighted by molar-refractivity contribution is 5.91. The summed E-state index contributed by atoms with van der Waals surface area (Å²) in [6.45, 7) is -1.23. The molecule has 0 aromatic heterocycles. The van der Waals surface area contributed by atoms with Gasteiger partial charge in [0, 0.05) is 12.2 Å². The molecule has 0 unspecified atom stereocenters. The topological polar surface area (TPSA) is 134 Å². The Morgan fingerprint density at radius 2 is 1.19 bits per heavy atom. The fourth-order valence-electron chi connectivity index (χ4n) is 0.546. The number of carbonyl (C=O) groups is 2. The number of rotatable bonds is 6. The molecule has 0 atom stereocenters. The van der Waals surface area contributed by atoms with Gasteiger partial charge in [0.2, 0.25) is 0 Å². The molecule has 0 radical (unpaired) electrons. The van der Waals surface area contributed by atoms with Crippen LogP contribution >= 0.6 is 0 Å². The quantitative estimate of drug-likeness (QED) is 0.221. The zero-order valence-electron chi connectivity index (χ0n) is 8.15. The third-order valence-electron chi connectivity index (χ3n) is 1.10. The van der Waals surface area contributed by atoms with Gasteiger partial charge in [0.05, 0.1) is 0 Å². The van der Waals surface area contributed by atoms with Gasteiger partial charge in [-0.05, 0) is 0 Å². The number of ether oxygens (including phenoxy) is 2. The maximum Gasteiger partial charge on any atom is 0.331 e. The molecule has 0 heterocycles. The Hall–Kier alpha value is -1.48. The Bertz CT molecular complexity index is 231. The van der Waals surface area contributed by atoms with E-state index in [0.29, 0.717) is 12.2 Å². The van der Waals surface area contributed by atoms with Crippen LogP contribution in [0, 0.1) is 0 Å². The lowest BCUT2D eigenvalue weighted by molar-refractivity contribution is -0.152. The van der Waals surface area contributed by atoms with Gasteiger partial charge in [0.25, 0.3) is 0 Å². The average molecular weight is 236 g/mol. The van der Waals surface area contributed by atoms with Crippen LogP contribution in [-0.4, -0.2) is 58.2 Å². The van der Waals surface area contributed by atoms with E-state index < -0.39 is 37.7 Å². The zero-order chi connectivity index (χ0) is 12.6. The van der Waals surface area contributed by atoms with E-state index in [9.17, 15) is 9.59 Å². The number of aliphatic hydroxyl groups is 4. The van der Waals surface area contributed by atoms with E-state index in [0.717, 1.165) is 0 Å². The summed E-state index contributed by atoms with van der Waals surface area (Å²) in [5, 5.41) is 33.3. The number of hydrogen-bond acceptors (Lipinski definition) is 8. The molecular formula is C8H12O8. The van der Waals surface area contributed by atoms with Crippen LogP contribution in [0.25, 0.3) is 0 Å². The van der Waals surface area contributed by atoms with Gasteiger partial charge in [0.1, 0.15) is 13.2 Å². The van der Waals surface area contributed by atoms with Crippen molar-refractivity contribution in [1.82, 2.24) is 0 Å². The number of hydrogen-bond donors (Lipinski definition) is 4. The highest BCUT2D eigenvalue weighted by Gasteiger charge is 2.05. The zero-order valence-corrected chi connectivity index (χ0v) is 8.15. The molecule has 0 spiro atoms. The Kier molecular flexibility index (Phi) is 7.05. The predicted octanol–water partition coefficient (Wildman–Crippen LogP) is -2.75. The molecule has 0 aliphatic heterocycles. The minimum atomic E-state index is -1.78. The molecule has 0 saturated heterocycles. The van der Waals surface area contributed by atoms with Crippen molar-refractivity contribution in [2.75, 3.05) is 13.2 Å². The van der Waals surface area contributed by atoms with Gasteiger partial charge in [0.15, 0.2) is 12.6 Å². The second kappa shape index (κ2) is 7.77. The van der Waals surface area contributed by atoms with Crippen molar-refractivity contribution >= 4 is 11.9 Å². The molecule has 0 rings (SSSR count). The molecule has 0 amide bonds. The maximum absolute atomic E-state index is 10.8. The minimum Gasteiger partial charge on any atom is -0.457 e. The first kappa shape index (κ1) is 14.5. The molecule has 0 aromatic rings. The van der Waals surface area contributed by atoms with E-state index in [1.54, 1.807) is 0 Å². The highest BCUT2D eigenvalue weighted by atomic mass is 16.6. The van der Waals surface area contributed by atoms with Crippen molar-refractivity contribution in [2.45, 2.75) is 12.6 Å². The molecule has 16 heavy (non-hydrogen) atoms. The van der Waals surface area contributed by atoms with Crippen LogP contribution in [0.3, 0.4) is 0 Å². The van der Waals surface area contributed by atoms with E-state index in [2.05, 4.69) is 9.47 Å². The van der Waals surface area contributed by atoms with Crippen molar-refractivity contribution in [2.24, 2.45) is 0 Å². The van der Waals surface area contributed by atoms with Crippen LogP contribution in [0.1, 0.15) is 0 Å². The van der Waals surface area contributed by atoms with Gasteiger partial charge in [-0.15, -0.1) is 0 Å². The number of aliphatic hydroxyl groups excluding tert-OH is 2. The van der Waals surface area contributed by atoms with Gasteiger partial charge in [-0.1, -0.05) is 0 Å². The van der Waals surface area contributed by atoms with Crippen LogP contribution < -0.4 is 0 Å². The molecule has 8 nitrogen and oxygen atoms in total. The summed E-state index contributed by atoms with van der Waals surface area (Å²) >= 11 is 0. The Labute approximate surface area is 90.3 Å². The molecule has 0 aliphatic rings. The van der Waals surface area contributed by atoms with E-state index in [1.165, 1.54) is 0 Å². The highest BCUT2D eigenvalue weighted by Crippen LogP contribution is 1.88. The smallest absolute Gasteiger partial charge is 0.331 e. The molecule has 0 bridgehead atoms. The molecular weight excluding hydrogens is 224 g/mol. The summed E-state index contributed by atoms with van der Waals surface area (Å²) in [6.07, 6.45) is -2.16. The number of carbonyl (C=O) groups excluding carboxylic acids is 2. The molecule has 92 valence electrons. The summed E-state index contributed by atoms with van der Waals surface area (Å²) in [6, 6.07) is 0. The fraction of sp³-hybridized carbons (Fsp3) is 0.500. The van der Waals surface area contributed by atoms with Crippen molar-refractivity contribution < 1.29 is 39.5 Å². The Morgan fingerprint density at radius 1 is 0.875 bits per heavy atom. The summed E-state index contributed by atoms with van der Waals surface area (Å²) in [5.74, 6) is -1.93. The van der Waals surface area contributed by atoms with Gasteiger partial charge in [-0.2, -0.15) is 0 Å². The molecule has 0 aliphatic carbocycles. The standard InChI is InChI=1S/C8H12O8/c9-5(10)3-15-7(13)1-2-8(14)16-4-6(11)12/h1-2,5-6,9-12H,3-4H2/b2-1-. The van der Waals surface area contributed by atoms with Gasteiger partial charge >= 0.3 is 11.9 Å². The summed E-state index contributed by atoms with van der Waals surface area (Å²) in [5.41, 5.74) is 0. The van der Waals surface area contributed by atoms with Crippen LogP contribution in [0.5, 0.6) is 0 Å². The average Bonchev–Trinajstić information content (AvgIpc) is 2.20. The van der Waals surface area contributed by atoms with Crippen molar-refractivity contribution in [3.8, 4) is 0 Å². The molecule has 0 saturated carbocycles. The van der Waals surface area contributed by atoms with Crippen LogP contribution in [0.15, 0.2) is 12.2 Å². The third-order valence-corrected chi connectivity index (χ3v) is 1.10. The van der Waals surface area contributed by atoms with E-state index in [4.69, 9.17) is 20.4 Å². The van der Waals surface area contributed by atoms with Gasteiger partial charge in [-0.3, -0.25) is 0 Å². The third kappa shape index (κ3) is 9.09. The molecule has 8 heteroatoms. The predicted molar refractivity (Wildman–Crippen MR) is 47.5 cm³/mol. The molecule has 4 N–H and O–H groups in total. The molecule has 0 fully saturated rings. The molecule has 0 aromatic carbocycles. The normalized spacial score (nSPS) is 11.1. The van der Waals surface area contributed by atoms with Crippen molar-refractivity contribution in [1.29, 1.82) is 0 Å². The van der Waals surface area contributed by atoms with E-state index in [-0.39, 0.29) is 0 Å². The summed E-state index contributed by atoms with van der Waals surface area (Å²) in [7, 11) is 0. The SMILES string of the molecule is O=C(/C=C\C(=O)OCC(O)O)OCC(O)O. The monoisotopic (exact) mass is 236 g/mol. The van der Waals surface area contributed by atoms with Crippen LogP contribution in [-0.2, 0) is 19.1 Å². The minimum absolute atomic E-state index is 0.617. The first-order valence-electron chi connectivity index (χ1n) is 4.15. The van der Waals surface area contributed by atoms with Crippen LogP contribution in [0.4, 0.5) is 0 Å². The second-order valence-corrected chi connectivity index (χ2v) is 2.55. The Balaban J connectivity index is 3.80. The van der Waals surface area contributed by atoms with Gasteiger partial charge < -0.3 is 29.9 Å². The summed E-state index contributed by atoms with van der Waals surface area (Å²) in [4.78, 5) is 21.5. The largest absolute Gasteiger partial charge is 0.457 e. The lowest BCUT2D eigenvalue weighted by atomic mass is 10.5. The first-order valence-corrected chi connectivity index (χ1v) is 4.15. The van der Waals surface area contributed by atoms with Gasteiger partial charge in [-0.25, -0.2) is 9.59 Å².